The number of aromatic nitrogens is 1. The molecule has 20 heavy (non-hydrogen) atoms. The fourth-order valence-corrected chi connectivity index (χ4v) is 2.58. The van der Waals surface area contributed by atoms with Gasteiger partial charge in [-0.2, -0.15) is 0 Å². The first-order valence-electron chi connectivity index (χ1n) is 6.83. The molecule has 1 unspecified atom stereocenters. The fourth-order valence-electron chi connectivity index (χ4n) is 2.58. The number of nitrogens with zero attached hydrogens (tertiary/aromatic N) is 1. The van der Waals surface area contributed by atoms with E-state index in [1.54, 1.807) is 6.07 Å². The third kappa shape index (κ3) is 2.29. The van der Waals surface area contributed by atoms with E-state index >= 15 is 0 Å². The number of esters is 1. The Morgan fingerprint density at radius 2 is 2.20 bits per heavy atom. The van der Waals surface area contributed by atoms with Crippen LogP contribution in [0.4, 0.5) is 0 Å². The minimum Gasteiger partial charge on any atom is -0.493 e. The van der Waals surface area contributed by atoms with Crippen molar-refractivity contribution in [3.63, 3.8) is 0 Å². The molecule has 1 aromatic heterocycles. The van der Waals surface area contributed by atoms with Gasteiger partial charge in [0.1, 0.15) is 11.4 Å². The smallest absolute Gasteiger partial charge is 0.354 e. The molecule has 0 bridgehead atoms. The van der Waals surface area contributed by atoms with Crippen molar-refractivity contribution in [1.82, 2.24) is 4.57 Å². The third-order valence-corrected chi connectivity index (χ3v) is 3.53. The summed E-state index contributed by atoms with van der Waals surface area (Å²) in [5.74, 6) is 0.943. The lowest BCUT2D eigenvalue weighted by Crippen LogP contribution is -2.16. The predicted octanol–water partition coefficient (Wildman–Crippen LogP) is 2.84. The SMILES string of the molecule is CCOC(=O)c1cccn1CC1COc2ccccc21. The predicted molar refractivity (Wildman–Crippen MR) is 75.1 cm³/mol. The van der Waals surface area contributed by atoms with Gasteiger partial charge in [0.2, 0.25) is 0 Å². The zero-order chi connectivity index (χ0) is 13.9. The van der Waals surface area contributed by atoms with Crippen molar-refractivity contribution in [2.45, 2.75) is 19.4 Å². The molecule has 104 valence electrons. The van der Waals surface area contributed by atoms with Gasteiger partial charge in [-0.1, -0.05) is 18.2 Å². The van der Waals surface area contributed by atoms with Gasteiger partial charge in [0.05, 0.1) is 13.2 Å². The average Bonchev–Trinajstić information content (AvgIpc) is 3.07. The van der Waals surface area contributed by atoms with Gasteiger partial charge in [-0.05, 0) is 25.1 Å². The van der Waals surface area contributed by atoms with Crippen molar-refractivity contribution in [2.75, 3.05) is 13.2 Å². The average molecular weight is 271 g/mol. The van der Waals surface area contributed by atoms with Crippen molar-refractivity contribution >= 4 is 5.97 Å². The van der Waals surface area contributed by atoms with Crippen LogP contribution in [-0.4, -0.2) is 23.8 Å². The summed E-state index contributed by atoms with van der Waals surface area (Å²) in [4.78, 5) is 11.9. The monoisotopic (exact) mass is 271 g/mol. The van der Waals surface area contributed by atoms with Gasteiger partial charge in [-0.15, -0.1) is 0 Å². The second-order valence-electron chi connectivity index (χ2n) is 4.81. The molecule has 4 heteroatoms. The van der Waals surface area contributed by atoms with Crippen LogP contribution in [0.1, 0.15) is 28.9 Å². The molecule has 2 aromatic rings. The minimum atomic E-state index is -0.273. The highest BCUT2D eigenvalue weighted by molar-refractivity contribution is 5.87. The van der Waals surface area contributed by atoms with Gasteiger partial charge >= 0.3 is 5.97 Å². The van der Waals surface area contributed by atoms with E-state index in [-0.39, 0.29) is 11.9 Å². The molecule has 1 aliphatic rings. The maximum Gasteiger partial charge on any atom is 0.354 e. The molecule has 0 fully saturated rings. The zero-order valence-corrected chi connectivity index (χ0v) is 11.4. The molecule has 1 aromatic carbocycles. The van der Waals surface area contributed by atoms with Gasteiger partial charge in [0.25, 0.3) is 0 Å². The summed E-state index contributed by atoms with van der Waals surface area (Å²) in [7, 11) is 0. The number of fused-ring (bicyclic) bond motifs is 1. The van der Waals surface area contributed by atoms with E-state index in [1.165, 1.54) is 5.56 Å². The standard InChI is InChI=1S/C16H17NO3/c1-2-19-16(18)14-7-5-9-17(14)10-12-11-20-15-8-4-3-6-13(12)15/h3-9,12H,2,10-11H2,1H3. The molecule has 3 rings (SSSR count). The molecule has 0 N–H and O–H groups in total. The number of ether oxygens (including phenoxy) is 2. The van der Waals surface area contributed by atoms with Crippen LogP contribution < -0.4 is 4.74 Å². The lowest BCUT2D eigenvalue weighted by molar-refractivity contribution is 0.0513. The van der Waals surface area contributed by atoms with Gasteiger partial charge in [-0.3, -0.25) is 0 Å². The normalized spacial score (nSPS) is 16.6. The largest absolute Gasteiger partial charge is 0.493 e. The second-order valence-corrected chi connectivity index (χ2v) is 4.81. The van der Waals surface area contributed by atoms with Crippen LogP contribution in [0.25, 0.3) is 0 Å². The third-order valence-electron chi connectivity index (χ3n) is 3.53. The number of carbonyl (C=O) groups is 1. The maximum absolute atomic E-state index is 11.9. The van der Waals surface area contributed by atoms with E-state index in [2.05, 4.69) is 6.07 Å². The van der Waals surface area contributed by atoms with Crippen molar-refractivity contribution < 1.29 is 14.3 Å². The molecule has 0 amide bonds. The number of hydrogen-bond donors (Lipinski definition) is 0. The first-order valence-corrected chi connectivity index (χ1v) is 6.83. The first kappa shape index (κ1) is 12.8. The minimum absolute atomic E-state index is 0.270. The highest BCUT2D eigenvalue weighted by Gasteiger charge is 2.25. The molecule has 2 heterocycles. The van der Waals surface area contributed by atoms with Crippen LogP contribution in [0.3, 0.4) is 0 Å². The second kappa shape index (κ2) is 5.41. The number of hydrogen-bond acceptors (Lipinski definition) is 3. The molecule has 1 aliphatic heterocycles. The number of rotatable bonds is 4. The van der Waals surface area contributed by atoms with Crippen LogP contribution in [0.2, 0.25) is 0 Å². The molecular formula is C16H17NO3. The summed E-state index contributed by atoms with van der Waals surface area (Å²) in [5, 5.41) is 0. The van der Waals surface area contributed by atoms with Crippen molar-refractivity contribution in [2.24, 2.45) is 0 Å². The number of para-hydroxylation sites is 1. The Labute approximate surface area is 117 Å². The van der Waals surface area contributed by atoms with Crippen LogP contribution in [0.15, 0.2) is 42.6 Å². The Morgan fingerprint density at radius 3 is 3.05 bits per heavy atom. The Bertz CT molecular complexity index is 618. The van der Waals surface area contributed by atoms with E-state index < -0.39 is 0 Å². The quantitative estimate of drug-likeness (QED) is 0.803. The summed E-state index contributed by atoms with van der Waals surface area (Å²) >= 11 is 0. The molecule has 4 nitrogen and oxygen atoms in total. The van der Waals surface area contributed by atoms with E-state index in [0.29, 0.717) is 18.9 Å². The molecule has 0 spiro atoms. The van der Waals surface area contributed by atoms with Crippen molar-refractivity contribution in [3.05, 3.63) is 53.9 Å². The van der Waals surface area contributed by atoms with E-state index in [0.717, 1.165) is 12.3 Å². The topological polar surface area (TPSA) is 40.5 Å². The Balaban J connectivity index is 1.80. The van der Waals surface area contributed by atoms with Crippen molar-refractivity contribution in [3.8, 4) is 5.75 Å². The van der Waals surface area contributed by atoms with Crippen LogP contribution >= 0.6 is 0 Å². The van der Waals surface area contributed by atoms with Crippen LogP contribution in [-0.2, 0) is 11.3 Å². The summed E-state index contributed by atoms with van der Waals surface area (Å²) in [5.41, 5.74) is 1.80. The first-order chi connectivity index (χ1) is 9.79. The highest BCUT2D eigenvalue weighted by atomic mass is 16.5. The molecule has 0 saturated heterocycles. The number of benzene rings is 1. The maximum atomic E-state index is 11.9. The Morgan fingerprint density at radius 1 is 1.35 bits per heavy atom. The van der Waals surface area contributed by atoms with Gasteiger partial charge < -0.3 is 14.0 Å². The molecule has 0 radical (unpaired) electrons. The Kier molecular flexibility index (Phi) is 3.46. The van der Waals surface area contributed by atoms with E-state index in [1.807, 2.05) is 42.0 Å². The van der Waals surface area contributed by atoms with E-state index in [4.69, 9.17) is 9.47 Å². The molecule has 0 saturated carbocycles. The fraction of sp³-hybridized carbons (Fsp3) is 0.312. The summed E-state index contributed by atoms with van der Waals surface area (Å²) in [6, 6.07) is 11.7. The Hall–Kier alpha value is -2.23. The summed E-state index contributed by atoms with van der Waals surface area (Å²) in [6.45, 7) is 3.57. The van der Waals surface area contributed by atoms with Crippen LogP contribution in [0.5, 0.6) is 5.75 Å². The highest BCUT2D eigenvalue weighted by Crippen LogP contribution is 2.34. The number of carbonyl (C=O) groups excluding carboxylic acids is 1. The molecular weight excluding hydrogens is 254 g/mol. The van der Waals surface area contributed by atoms with Gasteiger partial charge in [0, 0.05) is 24.2 Å². The zero-order valence-electron chi connectivity index (χ0n) is 11.4. The summed E-state index contributed by atoms with van der Waals surface area (Å²) in [6.07, 6.45) is 1.91. The van der Waals surface area contributed by atoms with Crippen molar-refractivity contribution in [1.29, 1.82) is 0 Å². The summed E-state index contributed by atoms with van der Waals surface area (Å²) < 4.78 is 12.7. The van der Waals surface area contributed by atoms with Gasteiger partial charge in [0.15, 0.2) is 0 Å². The lowest BCUT2D eigenvalue weighted by Gasteiger charge is -2.13. The van der Waals surface area contributed by atoms with E-state index in [9.17, 15) is 4.79 Å². The van der Waals surface area contributed by atoms with Gasteiger partial charge in [-0.25, -0.2) is 4.79 Å². The van der Waals surface area contributed by atoms with Crippen LogP contribution in [0, 0.1) is 0 Å². The lowest BCUT2D eigenvalue weighted by atomic mass is 10.0. The molecule has 0 aliphatic carbocycles. The molecule has 1 atom stereocenters.